The van der Waals surface area contributed by atoms with Crippen molar-refractivity contribution in [3.8, 4) is 0 Å². The number of carbonyl (C=O) groups excluding carboxylic acids is 2. The minimum absolute atomic E-state index is 0.0990. The van der Waals surface area contributed by atoms with Gasteiger partial charge in [-0.15, -0.1) is 0 Å². The first-order valence-corrected chi connectivity index (χ1v) is 9.53. The molecule has 0 unspecified atom stereocenters. The van der Waals surface area contributed by atoms with Gasteiger partial charge in [-0.1, -0.05) is 36.4 Å². The number of carbonyl (C=O) groups is 2. The van der Waals surface area contributed by atoms with Crippen molar-refractivity contribution in [3.05, 3.63) is 65.5 Å². The van der Waals surface area contributed by atoms with Crippen LogP contribution in [0, 0.1) is 11.2 Å². The van der Waals surface area contributed by atoms with Crippen LogP contribution in [-0.4, -0.2) is 24.9 Å². The van der Waals surface area contributed by atoms with E-state index >= 15 is 0 Å². The Balaban J connectivity index is 1.42. The van der Waals surface area contributed by atoms with Crippen molar-refractivity contribution in [2.75, 3.05) is 18.0 Å². The number of hydrogen-bond donors (Lipinski definition) is 1. The molecule has 2 amide bonds. The predicted octanol–water partition coefficient (Wildman–Crippen LogP) is 3.24. The van der Waals surface area contributed by atoms with Crippen molar-refractivity contribution in [2.45, 2.75) is 32.1 Å². The zero-order valence-corrected chi connectivity index (χ0v) is 15.2. The van der Waals surface area contributed by atoms with Crippen molar-refractivity contribution >= 4 is 17.5 Å². The van der Waals surface area contributed by atoms with Gasteiger partial charge in [0.25, 0.3) is 0 Å². The summed E-state index contributed by atoms with van der Waals surface area (Å²) in [5.74, 6) is -0.598. The van der Waals surface area contributed by atoms with E-state index in [1.807, 2.05) is 24.3 Å². The van der Waals surface area contributed by atoms with E-state index in [0.29, 0.717) is 37.9 Å². The Kier molecular flexibility index (Phi) is 4.68. The smallest absolute Gasteiger partial charge is 0.242 e. The first kappa shape index (κ1) is 17.7. The maximum atomic E-state index is 13.7. The van der Waals surface area contributed by atoms with Crippen molar-refractivity contribution in [1.82, 2.24) is 5.32 Å². The minimum atomic E-state index is -0.945. The first-order valence-electron chi connectivity index (χ1n) is 9.53. The van der Waals surface area contributed by atoms with Crippen molar-refractivity contribution in [3.63, 3.8) is 0 Å². The molecular formula is C22H23FN2O2. The standard InChI is InChI=1S/C22H23FN2O2/c23-18-9-3-1-6-16(18)11-14-24-20(26)22(12-13-22)21(27)25-15-5-8-17-7-2-4-10-19(17)25/h1-4,6-7,9-10H,5,8,11-15H2,(H,24,26). The molecule has 0 atom stereocenters. The number of para-hydroxylation sites is 1. The molecule has 1 saturated carbocycles. The molecule has 0 bridgehead atoms. The lowest BCUT2D eigenvalue weighted by atomic mass is 9.97. The van der Waals surface area contributed by atoms with Crippen LogP contribution in [0.5, 0.6) is 0 Å². The summed E-state index contributed by atoms with van der Waals surface area (Å²) in [6.07, 6.45) is 3.44. The van der Waals surface area contributed by atoms with E-state index in [0.717, 1.165) is 24.1 Å². The molecule has 4 rings (SSSR count). The molecule has 0 radical (unpaired) electrons. The van der Waals surface area contributed by atoms with Crippen LogP contribution in [0.1, 0.15) is 30.4 Å². The van der Waals surface area contributed by atoms with Gasteiger partial charge in [0.05, 0.1) is 0 Å². The van der Waals surface area contributed by atoms with Crippen molar-refractivity contribution < 1.29 is 14.0 Å². The Hall–Kier alpha value is -2.69. The monoisotopic (exact) mass is 366 g/mol. The average molecular weight is 366 g/mol. The van der Waals surface area contributed by atoms with Crippen LogP contribution in [-0.2, 0) is 22.4 Å². The summed E-state index contributed by atoms with van der Waals surface area (Å²) in [4.78, 5) is 27.7. The van der Waals surface area contributed by atoms with Crippen LogP contribution in [0.2, 0.25) is 0 Å². The van der Waals surface area contributed by atoms with Crippen LogP contribution >= 0.6 is 0 Å². The summed E-state index contributed by atoms with van der Waals surface area (Å²) in [6.45, 7) is 0.978. The van der Waals surface area contributed by atoms with Gasteiger partial charge in [0.1, 0.15) is 11.2 Å². The van der Waals surface area contributed by atoms with E-state index in [1.165, 1.54) is 6.07 Å². The Morgan fingerprint density at radius 3 is 2.59 bits per heavy atom. The van der Waals surface area contributed by atoms with Gasteiger partial charge in [0, 0.05) is 18.8 Å². The second-order valence-electron chi connectivity index (χ2n) is 7.37. The molecule has 1 heterocycles. The Morgan fingerprint density at radius 1 is 1.07 bits per heavy atom. The fourth-order valence-corrected chi connectivity index (χ4v) is 3.85. The number of aryl methyl sites for hydroxylation is 1. The summed E-state index contributed by atoms with van der Waals surface area (Å²) in [5.41, 5.74) is 1.71. The van der Waals surface area contributed by atoms with Crippen LogP contribution in [0.15, 0.2) is 48.5 Å². The third kappa shape index (κ3) is 3.34. The molecule has 1 fully saturated rings. The van der Waals surface area contributed by atoms with Gasteiger partial charge in [-0.05, 0) is 55.4 Å². The quantitative estimate of drug-likeness (QED) is 0.826. The molecule has 0 spiro atoms. The number of anilines is 1. The topological polar surface area (TPSA) is 49.4 Å². The average Bonchev–Trinajstić information content (AvgIpc) is 3.50. The lowest BCUT2D eigenvalue weighted by molar-refractivity contribution is -0.135. The molecule has 27 heavy (non-hydrogen) atoms. The number of hydrogen-bond acceptors (Lipinski definition) is 2. The molecule has 0 saturated heterocycles. The van der Waals surface area contributed by atoms with Crippen molar-refractivity contribution in [1.29, 1.82) is 0 Å². The third-order valence-corrected chi connectivity index (χ3v) is 5.59. The van der Waals surface area contributed by atoms with Gasteiger partial charge in [0.15, 0.2) is 0 Å². The number of nitrogens with zero attached hydrogens (tertiary/aromatic N) is 1. The number of halogens is 1. The second-order valence-corrected chi connectivity index (χ2v) is 7.37. The molecule has 140 valence electrons. The largest absolute Gasteiger partial charge is 0.355 e. The highest BCUT2D eigenvalue weighted by Crippen LogP contribution is 2.48. The summed E-state index contributed by atoms with van der Waals surface area (Å²) in [6, 6.07) is 14.5. The lowest BCUT2D eigenvalue weighted by Gasteiger charge is -2.32. The van der Waals surface area contributed by atoms with E-state index in [-0.39, 0.29) is 17.6 Å². The molecule has 2 aromatic carbocycles. The lowest BCUT2D eigenvalue weighted by Crippen LogP contribution is -2.47. The Bertz CT molecular complexity index is 876. The minimum Gasteiger partial charge on any atom is -0.355 e. The number of nitrogens with one attached hydrogen (secondary N) is 1. The molecule has 2 aromatic rings. The van der Waals surface area contributed by atoms with Crippen molar-refractivity contribution in [2.24, 2.45) is 5.41 Å². The van der Waals surface area contributed by atoms with E-state index < -0.39 is 5.41 Å². The van der Waals surface area contributed by atoms with Gasteiger partial charge in [-0.25, -0.2) is 4.39 Å². The number of rotatable bonds is 5. The van der Waals surface area contributed by atoms with E-state index in [1.54, 1.807) is 23.1 Å². The predicted molar refractivity (Wildman–Crippen MR) is 102 cm³/mol. The molecule has 2 aliphatic rings. The summed E-state index contributed by atoms with van der Waals surface area (Å²) < 4.78 is 13.7. The van der Waals surface area contributed by atoms with Crippen LogP contribution in [0.25, 0.3) is 0 Å². The third-order valence-electron chi connectivity index (χ3n) is 5.59. The van der Waals surface area contributed by atoms with Gasteiger partial charge >= 0.3 is 0 Å². The fourth-order valence-electron chi connectivity index (χ4n) is 3.85. The van der Waals surface area contributed by atoms with Crippen LogP contribution in [0.3, 0.4) is 0 Å². The number of fused-ring (bicyclic) bond motifs is 1. The number of amides is 2. The zero-order valence-electron chi connectivity index (χ0n) is 15.2. The second kappa shape index (κ2) is 7.14. The van der Waals surface area contributed by atoms with Gasteiger partial charge in [-0.3, -0.25) is 9.59 Å². The molecule has 1 aliphatic heterocycles. The summed E-state index contributed by atoms with van der Waals surface area (Å²) >= 11 is 0. The van der Waals surface area contributed by atoms with E-state index in [2.05, 4.69) is 5.32 Å². The fraction of sp³-hybridized carbons (Fsp3) is 0.364. The SMILES string of the molecule is O=C(NCCc1ccccc1F)C1(C(=O)N2CCCc3ccccc32)CC1. The van der Waals surface area contributed by atoms with Crippen LogP contribution < -0.4 is 10.2 Å². The zero-order chi connectivity index (χ0) is 18.9. The molecule has 0 aromatic heterocycles. The first-order chi connectivity index (χ1) is 13.1. The van der Waals surface area contributed by atoms with Crippen LogP contribution in [0.4, 0.5) is 10.1 Å². The molecule has 1 N–H and O–H groups in total. The maximum absolute atomic E-state index is 13.7. The van der Waals surface area contributed by atoms with Gasteiger partial charge in [-0.2, -0.15) is 0 Å². The maximum Gasteiger partial charge on any atom is 0.242 e. The highest BCUT2D eigenvalue weighted by Gasteiger charge is 2.58. The van der Waals surface area contributed by atoms with Gasteiger partial charge in [0.2, 0.25) is 11.8 Å². The Morgan fingerprint density at radius 2 is 1.81 bits per heavy atom. The molecular weight excluding hydrogens is 343 g/mol. The highest BCUT2D eigenvalue weighted by atomic mass is 19.1. The summed E-state index contributed by atoms with van der Waals surface area (Å²) in [5, 5.41) is 2.85. The van der Waals surface area contributed by atoms with Gasteiger partial charge < -0.3 is 10.2 Å². The van der Waals surface area contributed by atoms with E-state index in [9.17, 15) is 14.0 Å². The summed E-state index contributed by atoms with van der Waals surface area (Å²) in [7, 11) is 0. The molecule has 4 nitrogen and oxygen atoms in total. The van der Waals surface area contributed by atoms with E-state index in [4.69, 9.17) is 0 Å². The highest BCUT2D eigenvalue weighted by molar-refractivity contribution is 6.14. The number of benzene rings is 2. The molecule has 5 heteroatoms. The Labute approximate surface area is 158 Å². The normalized spacial score (nSPS) is 17.1. The molecule has 1 aliphatic carbocycles.